The molecule has 86 valence electrons. The Labute approximate surface area is 103 Å². The van der Waals surface area contributed by atoms with Crippen LogP contribution >= 0.6 is 15.9 Å². The summed E-state index contributed by atoms with van der Waals surface area (Å²) in [6, 6.07) is 3.72. The van der Waals surface area contributed by atoms with Gasteiger partial charge in [0.05, 0.1) is 24.3 Å². The number of carbonyl (C=O) groups excluding carboxylic acids is 1. The molecule has 0 aromatic carbocycles. The lowest BCUT2D eigenvalue weighted by Gasteiger charge is -2.25. The van der Waals surface area contributed by atoms with Crippen molar-refractivity contribution >= 4 is 21.8 Å². The molecule has 1 aromatic heterocycles. The maximum atomic E-state index is 12.1. The minimum Gasteiger partial charge on any atom is -0.457 e. The van der Waals surface area contributed by atoms with Gasteiger partial charge in [0.1, 0.15) is 0 Å². The SMILES string of the molecule is CC(C)N(CCC#N)C(=O)c1ccoc1Br. The fraction of sp³-hybridized carbons (Fsp3) is 0.455. The minimum absolute atomic E-state index is 0.0580. The third-order valence-corrected chi connectivity index (χ3v) is 2.81. The monoisotopic (exact) mass is 284 g/mol. The van der Waals surface area contributed by atoms with Crippen molar-refractivity contribution in [2.75, 3.05) is 6.54 Å². The standard InChI is InChI=1S/C11H13BrN2O2/c1-8(2)14(6-3-5-13)11(15)9-4-7-16-10(9)12/h4,7-8H,3,6H2,1-2H3. The van der Waals surface area contributed by atoms with E-state index >= 15 is 0 Å². The molecule has 0 aliphatic rings. The van der Waals surface area contributed by atoms with E-state index in [4.69, 9.17) is 9.68 Å². The Balaban J connectivity index is 2.84. The van der Waals surface area contributed by atoms with Crippen LogP contribution in [0.5, 0.6) is 0 Å². The van der Waals surface area contributed by atoms with Crippen LogP contribution in [-0.4, -0.2) is 23.4 Å². The van der Waals surface area contributed by atoms with Gasteiger partial charge in [-0.15, -0.1) is 0 Å². The van der Waals surface area contributed by atoms with Gasteiger partial charge in [-0.25, -0.2) is 0 Å². The van der Waals surface area contributed by atoms with Gasteiger partial charge in [-0.05, 0) is 35.8 Å². The Morgan fingerprint density at radius 3 is 2.81 bits per heavy atom. The van der Waals surface area contributed by atoms with Crippen molar-refractivity contribution < 1.29 is 9.21 Å². The molecule has 4 nitrogen and oxygen atoms in total. The van der Waals surface area contributed by atoms with Crippen LogP contribution in [0.25, 0.3) is 0 Å². The smallest absolute Gasteiger partial charge is 0.258 e. The Morgan fingerprint density at radius 1 is 1.69 bits per heavy atom. The summed E-state index contributed by atoms with van der Waals surface area (Å²) in [5, 5.41) is 8.55. The average Bonchev–Trinajstić information content (AvgIpc) is 2.64. The first kappa shape index (κ1) is 12.8. The van der Waals surface area contributed by atoms with Crippen LogP contribution < -0.4 is 0 Å². The number of halogens is 1. The van der Waals surface area contributed by atoms with Gasteiger partial charge in [0.25, 0.3) is 5.91 Å². The van der Waals surface area contributed by atoms with E-state index in [1.807, 2.05) is 19.9 Å². The van der Waals surface area contributed by atoms with Gasteiger partial charge in [0.15, 0.2) is 4.67 Å². The first-order chi connectivity index (χ1) is 7.57. The molecule has 0 saturated carbocycles. The highest BCUT2D eigenvalue weighted by Crippen LogP contribution is 2.20. The second kappa shape index (κ2) is 5.71. The number of amides is 1. The molecule has 0 radical (unpaired) electrons. The molecule has 0 fully saturated rings. The Hall–Kier alpha value is -1.28. The predicted octanol–water partition coefficient (Wildman–Crippen LogP) is 2.81. The molecule has 0 saturated heterocycles. The van der Waals surface area contributed by atoms with E-state index in [2.05, 4.69) is 15.9 Å². The normalized spacial score (nSPS) is 10.2. The van der Waals surface area contributed by atoms with Gasteiger partial charge >= 0.3 is 0 Å². The van der Waals surface area contributed by atoms with E-state index in [9.17, 15) is 4.79 Å². The Morgan fingerprint density at radius 2 is 2.38 bits per heavy atom. The number of rotatable bonds is 4. The average molecular weight is 285 g/mol. The van der Waals surface area contributed by atoms with Crippen LogP contribution in [0.4, 0.5) is 0 Å². The minimum atomic E-state index is -0.120. The number of furan rings is 1. The predicted molar refractivity (Wildman–Crippen MR) is 62.8 cm³/mol. The van der Waals surface area contributed by atoms with Crippen molar-refractivity contribution in [2.24, 2.45) is 0 Å². The zero-order valence-electron chi connectivity index (χ0n) is 9.24. The molecule has 1 rings (SSSR count). The third-order valence-electron chi connectivity index (χ3n) is 2.20. The highest BCUT2D eigenvalue weighted by Gasteiger charge is 2.21. The van der Waals surface area contributed by atoms with Crippen LogP contribution in [0, 0.1) is 11.3 Å². The lowest BCUT2D eigenvalue weighted by molar-refractivity contribution is 0.0708. The van der Waals surface area contributed by atoms with Crippen molar-refractivity contribution in [2.45, 2.75) is 26.3 Å². The van der Waals surface area contributed by atoms with E-state index < -0.39 is 0 Å². The number of nitriles is 1. The molecular formula is C11H13BrN2O2. The summed E-state index contributed by atoms with van der Waals surface area (Å²) in [5.41, 5.74) is 0.492. The lowest BCUT2D eigenvalue weighted by Crippen LogP contribution is -2.37. The molecule has 0 spiro atoms. The van der Waals surface area contributed by atoms with Crippen LogP contribution in [0.2, 0.25) is 0 Å². The summed E-state index contributed by atoms with van der Waals surface area (Å²) < 4.78 is 5.45. The molecule has 0 aliphatic carbocycles. The van der Waals surface area contributed by atoms with E-state index in [1.54, 1.807) is 11.0 Å². The molecule has 1 aromatic rings. The zero-order chi connectivity index (χ0) is 12.1. The number of carbonyl (C=O) groups is 1. The molecule has 1 amide bonds. The van der Waals surface area contributed by atoms with Gasteiger partial charge in [-0.2, -0.15) is 5.26 Å². The van der Waals surface area contributed by atoms with Crippen LogP contribution in [0.1, 0.15) is 30.6 Å². The topological polar surface area (TPSA) is 57.2 Å². The van der Waals surface area contributed by atoms with Gasteiger partial charge in [-0.3, -0.25) is 4.79 Å². The molecular weight excluding hydrogens is 272 g/mol. The van der Waals surface area contributed by atoms with Crippen LogP contribution in [0.15, 0.2) is 21.4 Å². The fourth-order valence-electron chi connectivity index (χ4n) is 1.37. The lowest BCUT2D eigenvalue weighted by atomic mass is 10.2. The van der Waals surface area contributed by atoms with E-state index in [1.165, 1.54) is 6.26 Å². The number of hydrogen-bond acceptors (Lipinski definition) is 3. The fourth-order valence-corrected chi connectivity index (χ4v) is 1.78. The largest absolute Gasteiger partial charge is 0.457 e. The number of hydrogen-bond donors (Lipinski definition) is 0. The molecule has 16 heavy (non-hydrogen) atoms. The van der Waals surface area contributed by atoms with Crippen molar-refractivity contribution in [3.63, 3.8) is 0 Å². The third kappa shape index (κ3) is 2.86. The van der Waals surface area contributed by atoms with Gasteiger partial charge < -0.3 is 9.32 Å². The van der Waals surface area contributed by atoms with Crippen molar-refractivity contribution in [3.05, 3.63) is 22.6 Å². The summed E-state index contributed by atoms with van der Waals surface area (Å²) in [6.45, 7) is 4.27. The quantitative estimate of drug-likeness (QED) is 0.854. The van der Waals surface area contributed by atoms with Crippen molar-refractivity contribution in [1.82, 2.24) is 4.90 Å². The zero-order valence-corrected chi connectivity index (χ0v) is 10.8. The second-order valence-corrected chi connectivity index (χ2v) is 4.33. The maximum Gasteiger partial charge on any atom is 0.258 e. The summed E-state index contributed by atoms with van der Waals surface area (Å²) >= 11 is 3.17. The molecule has 0 bridgehead atoms. The second-order valence-electron chi connectivity index (χ2n) is 3.61. The summed E-state index contributed by atoms with van der Waals surface area (Å²) in [7, 11) is 0. The number of nitrogens with zero attached hydrogens (tertiary/aromatic N) is 2. The van der Waals surface area contributed by atoms with Gasteiger partial charge in [-0.1, -0.05) is 0 Å². The van der Waals surface area contributed by atoms with Gasteiger partial charge in [0, 0.05) is 12.6 Å². The van der Waals surface area contributed by atoms with Crippen molar-refractivity contribution in [1.29, 1.82) is 5.26 Å². The molecule has 0 N–H and O–H groups in total. The molecule has 5 heteroatoms. The molecule has 0 unspecified atom stereocenters. The first-order valence-corrected chi connectivity index (χ1v) is 5.78. The summed E-state index contributed by atoms with van der Waals surface area (Å²) in [4.78, 5) is 13.8. The summed E-state index contributed by atoms with van der Waals surface area (Å²) in [6.07, 6.45) is 1.79. The maximum absolute atomic E-state index is 12.1. The van der Waals surface area contributed by atoms with Crippen molar-refractivity contribution in [3.8, 4) is 6.07 Å². The molecule has 0 atom stereocenters. The van der Waals surface area contributed by atoms with Gasteiger partial charge in [0.2, 0.25) is 0 Å². The first-order valence-electron chi connectivity index (χ1n) is 4.98. The molecule has 1 heterocycles. The Bertz CT molecular complexity index is 406. The van der Waals surface area contributed by atoms with E-state index in [0.29, 0.717) is 23.2 Å². The van der Waals surface area contributed by atoms with E-state index in [0.717, 1.165) is 0 Å². The molecule has 0 aliphatic heterocycles. The van der Waals surface area contributed by atoms with Crippen LogP contribution in [-0.2, 0) is 0 Å². The summed E-state index contributed by atoms with van der Waals surface area (Å²) in [5.74, 6) is -0.120. The Kier molecular flexibility index (Phi) is 4.56. The highest BCUT2D eigenvalue weighted by atomic mass is 79.9. The van der Waals surface area contributed by atoms with E-state index in [-0.39, 0.29) is 11.9 Å². The van der Waals surface area contributed by atoms with Crippen LogP contribution in [0.3, 0.4) is 0 Å². The highest BCUT2D eigenvalue weighted by molar-refractivity contribution is 9.10.